The number of imide groups is 1. The number of hydrogen-bond donors (Lipinski definition) is 3. The van der Waals surface area contributed by atoms with Crippen LogP contribution in [0.15, 0.2) is 0 Å². The molecule has 1 aliphatic rings. The van der Waals surface area contributed by atoms with Gasteiger partial charge >= 0.3 is 0 Å². The van der Waals surface area contributed by atoms with E-state index >= 15 is 0 Å². The topological polar surface area (TPSA) is 134 Å². The number of rotatable bonds is 14. The fourth-order valence-electron chi connectivity index (χ4n) is 2.27. The van der Waals surface area contributed by atoms with Crippen molar-refractivity contribution in [3.63, 3.8) is 0 Å². The number of nitrogens with one attached hydrogen (secondary N) is 2. The van der Waals surface area contributed by atoms with E-state index in [0.29, 0.717) is 19.9 Å². The largest absolute Gasteiger partial charge is 0.396 e. The molecule has 1 saturated heterocycles. The Labute approximate surface area is 162 Å². The highest BCUT2D eigenvalue weighted by molar-refractivity contribution is 8.00. The molecule has 0 aromatic rings. The highest BCUT2D eigenvalue weighted by Crippen LogP contribution is 2.22. The molecule has 3 N–H and O–H groups in total. The normalized spacial score (nSPS) is 18.0. The van der Waals surface area contributed by atoms with Crippen LogP contribution in [0.1, 0.15) is 19.8 Å². The Morgan fingerprint density at radius 2 is 2.15 bits per heavy atom. The number of ether oxygens (including phenoxy) is 2. The lowest BCUT2D eigenvalue weighted by atomic mass is 10.3. The molecule has 0 saturated carbocycles. The van der Waals surface area contributed by atoms with E-state index in [1.54, 1.807) is 6.26 Å². The molecule has 0 radical (unpaired) electrons. The van der Waals surface area contributed by atoms with Crippen LogP contribution in [-0.4, -0.2) is 90.9 Å². The van der Waals surface area contributed by atoms with Crippen molar-refractivity contribution in [2.75, 3.05) is 45.9 Å². The van der Waals surface area contributed by atoms with Crippen molar-refractivity contribution < 1.29 is 33.8 Å². The third-order valence-corrected chi connectivity index (χ3v) is 4.63. The second-order valence-electron chi connectivity index (χ2n) is 5.64. The number of amides is 3. The SMILES string of the molecule is CCOCNCCOC(NC(=O)CCO)C(=O)CN1C(=O)CC(SC)C1=O. The van der Waals surface area contributed by atoms with Crippen molar-refractivity contribution in [1.29, 1.82) is 0 Å². The molecule has 11 heteroatoms. The van der Waals surface area contributed by atoms with Gasteiger partial charge < -0.3 is 19.9 Å². The summed E-state index contributed by atoms with van der Waals surface area (Å²) in [6.07, 6.45) is 0.271. The third kappa shape index (κ3) is 7.93. The Hall–Kier alpha value is -1.53. The zero-order chi connectivity index (χ0) is 20.2. The molecule has 0 aromatic carbocycles. The van der Waals surface area contributed by atoms with E-state index in [9.17, 15) is 19.2 Å². The second kappa shape index (κ2) is 12.8. The first-order valence-corrected chi connectivity index (χ1v) is 9.93. The minimum absolute atomic E-state index is 0.0526. The van der Waals surface area contributed by atoms with Gasteiger partial charge in [-0.15, -0.1) is 0 Å². The molecule has 0 spiro atoms. The van der Waals surface area contributed by atoms with E-state index < -0.39 is 41.5 Å². The fourth-order valence-corrected chi connectivity index (χ4v) is 2.91. The van der Waals surface area contributed by atoms with Crippen LogP contribution in [0.25, 0.3) is 0 Å². The summed E-state index contributed by atoms with van der Waals surface area (Å²) in [4.78, 5) is 49.2. The smallest absolute Gasteiger partial charge is 0.243 e. The van der Waals surface area contributed by atoms with E-state index in [1.807, 2.05) is 6.92 Å². The van der Waals surface area contributed by atoms with Crippen molar-refractivity contribution in [3.05, 3.63) is 0 Å². The summed E-state index contributed by atoms with van der Waals surface area (Å²) in [6, 6.07) is 0. The number of thioether (sulfide) groups is 1. The van der Waals surface area contributed by atoms with Crippen molar-refractivity contribution in [1.82, 2.24) is 15.5 Å². The highest BCUT2D eigenvalue weighted by atomic mass is 32.2. The maximum atomic E-state index is 12.5. The van der Waals surface area contributed by atoms with Crippen LogP contribution in [0.3, 0.4) is 0 Å². The Morgan fingerprint density at radius 3 is 2.74 bits per heavy atom. The molecule has 2 atom stereocenters. The molecule has 27 heavy (non-hydrogen) atoms. The zero-order valence-corrected chi connectivity index (χ0v) is 16.4. The molecule has 154 valence electrons. The summed E-state index contributed by atoms with van der Waals surface area (Å²) in [5, 5.41) is 13.6. The first-order chi connectivity index (χ1) is 12.9. The van der Waals surface area contributed by atoms with Gasteiger partial charge in [0.15, 0.2) is 6.23 Å². The maximum Gasteiger partial charge on any atom is 0.243 e. The molecule has 10 nitrogen and oxygen atoms in total. The van der Waals surface area contributed by atoms with Crippen LogP contribution >= 0.6 is 11.8 Å². The quantitative estimate of drug-likeness (QED) is 0.179. The van der Waals surface area contributed by atoms with Crippen LogP contribution in [0.2, 0.25) is 0 Å². The van der Waals surface area contributed by atoms with Crippen molar-refractivity contribution in [2.45, 2.75) is 31.2 Å². The van der Waals surface area contributed by atoms with E-state index in [-0.39, 0.29) is 26.1 Å². The number of nitrogens with zero attached hydrogens (tertiary/aromatic N) is 1. The van der Waals surface area contributed by atoms with Crippen LogP contribution in [0, 0.1) is 0 Å². The average Bonchev–Trinajstić information content (AvgIpc) is 2.91. The van der Waals surface area contributed by atoms with Crippen LogP contribution in [0.5, 0.6) is 0 Å². The van der Waals surface area contributed by atoms with E-state index in [0.717, 1.165) is 4.90 Å². The number of aliphatic hydroxyl groups excluding tert-OH is 1. The monoisotopic (exact) mass is 405 g/mol. The highest BCUT2D eigenvalue weighted by Gasteiger charge is 2.40. The van der Waals surface area contributed by atoms with Crippen LogP contribution in [0.4, 0.5) is 0 Å². The third-order valence-electron chi connectivity index (χ3n) is 3.70. The molecule has 1 heterocycles. The number of aliphatic hydroxyl groups is 1. The molecule has 1 rings (SSSR count). The average molecular weight is 405 g/mol. The molecule has 3 amide bonds. The minimum atomic E-state index is -1.31. The molecule has 0 bridgehead atoms. The van der Waals surface area contributed by atoms with Gasteiger partial charge in [-0.05, 0) is 13.2 Å². The van der Waals surface area contributed by atoms with Crippen molar-refractivity contribution in [3.8, 4) is 0 Å². The summed E-state index contributed by atoms with van der Waals surface area (Å²) in [6.45, 7) is 2.36. The van der Waals surface area contributed by atoms with Crippen LogP contribution < -0.4 is 10.6 Å². The summed E-state index contributed by atoms with van der Waals surface area (Å²) in [5.41, 5.74) is 0. The number of carbonyl (C=O) groups is 4. The lowest BCUT2D eigenvalue weighted by Crippen LogP contribution is -2.49. The molecule has 0 aromatic heterocycles. The number of ketones is 1. The van der Waals surface area contributed by atoms with Gasteiger partial charge in [-0.2, -0.15) is 11.8 Å². The Balaban J connectivity index is 2.61. The minimum Gasteiger partial charge on any atom is -0.396 e. The summed E-state index contributed by atoms with van der Waals surface area (Å²) in [5.74, 6) is -2.03. The molecule has 1 aliphatic heterocycles. The van der Waals surface area contributed by atoms with Crippen LogP contribution in [-0.2, 0) is 28.7 Å². The number of hydrogen-bond acceptors (Lipinski definition) is 9. The number of carbonyl (C=O) groups excluding carboxylic acids is 4. The van der Waals surface area contributed by atoms with Gasteiger partial charge in [0, 0.05) is 26.0 Å². The number of likely N-dealkylation sites (tertiary alicyclic amines) is 1. The van der Waals surface area contributed by atoms with Gasteiger partial charge in [0.2, 0.25) is 23.5 Å². The summed E-state index contributed by atoms with van der Waals surface area (Å²) >= 11 is 1.25. The maximum absolute atomic E-state index is 12.5. The molecular weight excluding hydrogens is 378 g/mol. The summed E-state index contributed by atoms with van der Waals surface area (Å²) < 4.78 is 10.5. The standard InChI is InChI=1S/C16H27N3O7S/c1-3-25-10-17-5-7-26-15(18-13(22)4-6-20)11(21)9-19-14(23)8-12(27-2)16(19)24/h12,15,17,20H,3-10H2,1-2H3,(H,18,22). The molecule has 2 unspecified atom stereocenters. The predicted octanol–water partition coefficient (Wildman–Crippen LogP) is -1.53. The first-order valence-electron chi connectivity index (χ1n) is 8.64. The van der Waals surface area contributed by atoms with Crippen molar-refractivity contribution in [2.24, 2.45) is 0 Å². The van der Waals surface area contributed by atoms with Gasteiger partial charge in [0.05, 0.1) is 31.7 Å². The molecule has 1 fully saturated rings. The van der Waals surface area contributed by atoms with E-state index in [1.165, 1.54) is 11.8 Å². The van der Waals surface area contributed by atoms with Gasteiger partial charge in [-0.3, -0.25) is 29.4 Å². The molecule has 0 aliphatic carbocycles. The van der Waals surface area contributed by atoms with Gasteiger partial charge in [0.25, 0.3) is 0 Å². The lowest BCUT2D eigenvalue weighted by Gasteiger charge is -2.21. The Bertz CT molecular complexity index is 532. The predicted molar refractivity (Wildman–Crippen MR) is 97.7 cm³/mol. The van der Waals surface area contributed by atoms with Gasteiger partial charge in [-0.25, -0.2) is 0 Å². The lowest BCUT2D eigenvalue weighted by molar-refractivity contribution is -0.147. The first kappa shape index (κ1) is 23.5. The van der Waals surface area contributed by atoms with Crippen molar-refractivity contribution >= 4 is 35.3 Å². The second-order valence-corrected chi connectivity index (χ2v) is 6.68. The van der Waals surface area contributed by atoms with E-state index in [2.05, 4.69) is 10.6 Å². The number of Topliss-reactive ketones (excluding diaryl/α,β-unsaturated/α-hetero) is 1. The van der Waals surface area contributed by atoms with E-state index in [4.69, 9.17) is 14.6 Å². The Kier molecular flexibility index (Phi) is 11.1. The fraction of sp³-hybridized carbons (Fsp3) is 0.750. The van der Waals surface area contributed by atoms with Gasteiger partial charge in [-0.1, -0.05) is 0 Å². The van der Waals surface area contributed by atoms with Gasteiger partial charge in [0.1, 0.15) is 0 Å². The Morgan fingerprint density at radius 1 is 1.41 bits per heavy atom. The molecular formula is C16H27N3O7S. The summed E-state index contributed by atoms with van der Waals surface area (Å²) in [7, 11) is 0. The zero-order valence-electron chi connectivity index (χ0n) is 15.6.